The predicted octanol–water partition coefficient (Wildman–Crippen LogP) is 4.62. The van der Waals surface area contributed by atoms with Crippen LogP contribution in [-0.4, -0.2) is 41.1 Å². The van der Waals surface area contributed by atoms with E-state index >= 15 is 0 Å². The van der Waals surface area contributed by atoms with Gasteiger partial charge in [0, 0.05) is 11.7 Å². The molecule has 0 unspecified atom stereocenters. The topological polar surface area (TPSA) is 75.6 Å². The van der Waals surface area contributed by atoms with E-state index < -0.39 is 29.4 Å². The van der Waals surface area contributed by atoms with Crippen molar-refractivity contribution in [3.8, 4) is 11.1 Å². The highest BCUT2D eigenvalue weighted by Gasteiger charge is 2.31. The molecule has 2 aromatic rings. The SMILES string of the molecule is O=C(N[C@@H](CCSC(F)(F)F)C(=O)O)OCC1c2ccccc2-c2ccccc21. The van der Waals surface area contributed by atoms with Gasteiger partial charge in [-0.3, -0.25) is 0 Å². The molecule has 0 heterocycles. The Balaban J connectivity index is 1.61. The molecule has 0 saturated heterocycles. The first-order chi connectivity index (χ1) is 13.8. The van der Waals surface area contributed by atoms with Crippen molar-refractivity contribution in [2.45, 2.75) is 23.9 Å². The number of nitrogens with one attached hydrogen (secondary N) is 1. The number of ether oxygens (including phenoxy) is 1. The number of halogens is 3. The van der Waals surface area contributed by atoms with E-state index in [1.165, 1.54) is 0 Å². The quantitative estimate of drug-likeness (QED) is 0.677. The van der Waals surface area contributed by atoms with E-state index in [4.69, 9.17) is 9.84 Å². The standard InChI is InChI=1S/C20H18F3NO4S/c21-20(22,23)29-10-9-17(18(25)26)24-19(27)28-11-16-14-7-3-1-5-12(14)13-6-2-4-8-15(13)16/h1-8,16-17H,9-11H2,(H,24,27)(H,25,26)/t17-/m0/s1. The van der Waals surface area contributed by atoms with Crippen LogP contribution in [0, 0.1) is 0 Å². The molecule has 2 aromatic carbocycles. The zero-order valence-electron chi connectivity index (χ0n) is 15.1. The number of alkyl carbamates (subject to hydrolysis) is 1. The van der Waals surface area contributed by atoms with Crippen LogP contribution < -0.4 is 5.32 Å². The van der Waals surface area contributed by atoms with Crippen molar-refractivity contribution in [2.24, 2.45) is 0 Å². The van der Waals surface area contributed by atoms with Crippen molar-refractivity contribution >= 4 is 23.8 Å². The fraction of sp³-hybridized carbons (Fsp3) is 0.300. The van der Waals surface area contributed by atoms with Gasteiger partial charge in [-0.05, 0) is 28.7 Å². The molecule has 1 amide bonds. The summed E-state index contributed by atoms with van der Waals surface area (Å²) in [5.41, 5.74) is -0.363. The smallest absolute Gasteiger partial charge is 0.441 e. The fourth-order valence-corrected chi connectivity index (χ4v) is 3.92. The molecular formula is C20H18F3NO4S. The Labute approximate surface area is 169 Å². The van der Waals surface area contributed by atoms with Crippen LogP contribution >= 0.6 is 11.8 Å². The summed E-state index contributed by atoms with van der Waals surface area (Å²) in [6.45, 7) is -0.0104. The first kappa shape index (κ1) is 21.0. The number of hydrogen-bond donors (Lipinski definition) is 2. The molecule has 0 bridgehead atoms. The number of fused-ring (bicyclic) bond motifs is 3. The van der Waals surface area contributed by atoms with Crippen molar-refractivity contribution in [3.05, 3.63) is 59.7 Å². The molecule has 1 aliphatic carbocycles. The number of thioether (sulfide) groups is 1. The van der Waals surface area contributed by atoms with E-state index in [1.807, 2.05) is 48.5 Å². The maximum atomic E-state index is 12.2. The summed E-state index contributed by atoms with van der Waals surface area (Å²) in [4.78, 5) is 23.3. The number of rotatable bonds is 7. The number of hydrogen-bond acceptors (Lipinski definition) is 4. The Hall–Kier alpha value is -2.68. The van der Waals surface area contributed by atoms with E-state index in [-0.39, 0.29) is 30.7 Å². The molecule has 5 nitrogen and oxygen atoms in total. The molecule has 29 heavy (non-hydrogen) atoms. The summed E-state index contributed by atoms with van der Waals surface area (Å²) >= 11 is -0.331. The van der Waals surface area contributed by atoms with Crippen LogP contribution in [0.25, 0.3) is 11.1 Å². The summed E-state index contributed by atoms with van der Waals surface area (Å²) in [5.74, 6) is -2.09. The van der Waals surface area contributed by atoms with Crippen LogP contribution in [0.15, 0.2) is 48.5 Å². The number of carbonyl (C=O) groups excluding carboxylic acids is 1. The molecular weight excluding hydrogens is 407 g/mol. The number of carboxylic acids is 1. The Morgan fingerprint density at radius 3 is 2.14 bits per heavy atom. The molecule has 0 saturated carbocycles. The summed E-state index contributed by atoms with van der Waals surface area (Å²) in [6.07, 6.45) is -1.35. The van der Waals surface area contributed by atoms with Gasteiger partial charge in [0.05, 0.1) is 0 Å². The van der Waals surface area contributed by atoms with Gasteiger partial charge in [0.1, 0.15) is 12.6 Å². The van der Waals surface area contributed by atoms with E-state index in [0.717, 1.165) is 22.3 Å². The molecule has 1 aliphatic rings. The number of aliphatic carboxylic acids is 1. The first-order valence-corrected chi connectivity index (χ1v) is 9.80. The molecule has 2 N–H and O–H groups in total. The molecule has 0 spiro atoms. The van der Waals surface area contributed by atoms with Gasteiger partial charge in [0.2, 0.25) is 0 Å². The summed E-state index contributed by atoms with van der Waals surface area (Å²) in [5, 5.41) is 11.3. The lowest BCUT2D eigenvalue weighted by molar-refractivity contribution is -0.139. The van der Waals surface area contributed by atoms with Crippen molar-refractivity contribution < 1.29 is 32.6 Å². The highest BCUT2D eigenvalue weighted by Crippen LogP contribution is 2.44. The minimum Gasteiger partial charge on any atom is -0.480 e. The zero-order chi connectivity index (χ0) is 21.0. The summed E-state index contributed by atoms with van der Waals surface area (Å²) in [7, 11) is 0. The number of carboxylic acid groups (broad SMARTS) is 1. The van der Waals surface area contributed by atoms with Crippen LogP contribution in [0.5, 0.6) is 0 Å². The Bertz CT molecular complexity index is 858. The number of benzene rings is 2. The molecule has 0 aromatic heterocycles. The third-order valence-electron chi connectivity index (χ3n) is 4.61. The lowest BCUT2D eigenvalue weighted by Crippen LogP contribution is -2.42. The van der Waals surface area contributed by atoms with Crippen LogP contribution in [0.4, 0.5) is 18.0 Å². The van der Waals surface area contributed by atoms with Gasteiger partial charge in [0.25, 0.3) is 0 Å². The lowest BCUT2D eigenvalue weighted by Gasteiger charge is -2.17. The molecule has 3 rings (SSSR count). The highest BCUT2D eigenvalue weighted by atomic mass is 32.2. The van der Waals surface area contributed by atoms with Crippen molar-refractivity contribution in [2.75, 3.05) is 12.4 Å². The Morgan fingerprint density at radius 2 is 1.62 bits per heavy atom. The third-order valence-corrected chi connectivity index (χ3v) is 5.37. The Kier molecular flexibility index (Phi) is 6.36. The molecule has 0 fully saturated rings. The molecule has 9 heteroatoms. The van der Waals surface area contributed by atoms with Gasteiger partial charge in [0.15, 0.2) is 0 Å². The van der Waals surface area contributed by atoms with E-state index in [9.17, 15) is 22.8 Å². The largest absolute Gasteiger partial charge is 0.480 e. The van der Waals surface area contributed by atoms with Crippen LogP contribution in [0.1, 0.15) is 23.5 Å². The summed E-state index contributed by atoms with van der Waals surface area (Å²) in [6, 6.07) is 14.0. The molecule has 1 atom stereocenters. The van der Waals surface area contributed by atoms with Gasteiger partial charge < -0.3 is 15.2 Å². The average molecular weight is 425 g/mol. The zero-order valence-corrected chi connectivity index (χ0v) is 15.9. The Morgan fingerprint density at radius 1 is 1.07 bits per heavy atom. The van der Waals surface area contributed by atoms with Crippen molar-refractivity contribution in [1.82, 2.24) is 5.32 Å². The van der Waals surface area contributed by atoms with Gasteiger partial charge >= 0.3 is 17.6 Å². The van der Waals surface area contributed by atoms with E-state index in [0.29, 0.717) is 0 Å². The van der Waals surface area contributed by atoms with Gasteiger partial charge in [-0.15, -0.1) is 0 Å². The minimum absolute atomic E-state index is 0.0104. The second kappa shape index (κ2) is 8.77. The highest BCUT2D eigenvalue weighted by molar-refractivity contribution is 8.00. The maximum absolute atomic E-state index is 12.2. The molecule has 0 aliphatic heterocycles. The van der Waals surface area contributed by atoms with Crippen molar-refractivity contribution in [1.29, 1.82) is 0 Å². The van der Waals surface area contributed by atoms with E-state index in [2.05, 4.69) is 5.32 Å². The second-order valence-corrected chi connectivity index (χ2v) is 7.60. The minimum atomic E-state index is -4.45. The first-order valence-electron chi connectivity index (χ1n) is 8.81. The van der Waals surface area contributed by atoms with Gasteiger partial charge in [-0.1, -0.05) is 60.3 Å². The van der Waals surface area contributed by atoms with Gasteiger partial charge in [-0.2, -0.15) is 13.2 Å². The number of carbonyl (C=O) groups is 2. The van der Waals surface area contributed by atoms with Crippen LogP contribution in [0.2, 0.25) is 0 Å². The predicted molar refractivity (Wildman–Crippen MR) is 103 cm³/mol. The van der Waals surface area contributed by atoms with E-state index in [1.54, 1.807) is 0 Å². The molecule has 0 radical (unpaired) electrons. The molecule has 154 valence electrons. The van der Waals surface area contributed by atoms with Gasteiger partial charge in [-0.25, -0.2) is 9.59 Å². The number of alkyl halides is 3. The lowest BCUT2D eigenvalue weighted by atomic mass is 9.98. The van der Waals surface area contributed by atoms with Crippen LogP contribution in [0.3, 0.4) is 0 Å². The number of amides is 1. The maximum Gasteiger partial charge on any atom is 0.441 e. The second-order valence-electron chi connectivity index (χ2n) is 6.44. The summed E-state index contributed by atoms with van der Waals surface area (Å²) < 4.78 is 41.9. The van der Waals surface area contributed by atoms with Crippen molar-refractivity contribution in [3.63, 3.8) is 0 Å². The average Bonchev–Trinajstić information content (AvgIpc) is 2.98. The van der Waals surface area contributed by atoms with Crippen LogP contribution in [-0.2, 0) is 9.53 Å². The third kappa shape index (κ3) is 5.23. The monoisotopic (exact) mass is 425 g/mol. The fourth-order valence-electron chi connectivity index (χ4n) is 3.33. The normalized spacial score (nSPS) is 14.0.